The van der Waals surface area contributed by atoms with E-state index in [1.165, 1.54) is 0 Å². The molecule has 7 heteroatoms. The molecule has 0 saturated carbocycles. The molecule has 0 radical (unpaired) electrons. The van der Waals surface area contributed by atoms with Crippen LogP contribution in [0.2, 0.25) is 0 Å². The van der Waals surface area contributed by atoms with Gasteiger partial charge in [-0.05, 0) is 31.2 Å². The van der Waals surface area contributed by atoms with E-state index in [9.17, 15) is 8.42 Å². The third-order valence-electron chi connectivity index (χ3n) is 4.95. The molecule has 1 aliphatic heterocycles. The lowest BCUT2D eigenvalue weighted by molar-refractivity contribution is 0.180. The molecule has 2 heterocycles. The van der Waals surface area contributed by atoms with Crippen molar-refractivity contribution in [2.45, 2.75) is 18.4 Å². The molecule has 146 valence electrons. The molecule has 6 nitrogen and oxygen atoms in total. The molecule has 0 atom stereocenters. The van der Waals surface area contributed by atoms with Crippen LogP contribution in [0.5, 0.6) is 0 Å². The van der Waals surface area contributed by atoms with E-state index in [0.717, 1.165) is 16.8 Å². The van der Waals surface area contributed by atoms with Gasteiger partial charge in [0, 0.05) is 38.3 Å². The molecule has 0 amide bonds. The largest absolute Gasteiger partial charge is 0.444 e. The van der Waals surface area contributed by atoms with E-state index in [2.05, 4.69) is 9.88 Å². The number of benzene rings is 2. The Kier molecular flexibility index (Phi) is 5.30. The topological polar surface area (TPSA) is 66.7 Å². The summed E-state index contributed by atoms with van der Waals surface area (Å²) in [6.07, 6.45) is 1.68. The van der Waals surface area contributed by atoms with Gasteiger partial charge in [-0.15, -0.1) is 0 Å². The van der Waals surface area contributed by atoms with Crippen LogP contribution < -0.4 is 0 Å². The molecule has 1 aliphatic rings. The minimum Gasteiger partial charge on any atom is -0.444 e. The molecule has 3 aromatic rings. The Morgan fingerprint density at radius 1 is 0.964 bits per heavy atom. The molecular weight excluding hydrogens is 374 g/mol. The van der Waals surface area contributed by atoms with Gasteiger partial charge in [0.1, 0.15) is 6.26 Å². The van der Waals surface area contributed by atoms with Crippen molar-refractivity contribution < 1.29 is 12.8 Å². The number of hydrogen-bond acceptors (Lipinski definition) is 5. The number of sulfonamides is 1. The molecule has 1 fully saturated rings. The van der Waals surface area contributed by atoms with Gasteiger partial charge in [0.25, 0.3) is 0 Å². The van der Waals surface area contributed by atoms with Crippen LogP contribution in [0, 0.1) is 6.92 Å². The highest BCUT2D eigenvalue weighted by molar-refractivity contribution is 7.89. The zero-order valence-corrected chi connectivity index (χ0v) is 16.6. The predicted octanol–water partition coefficient (Wildman–Crippen LogP) is 3.16. The number of nitrogens with zero attached hydrogens (tertiary/aromatic N) is 3. The van der Waals surface area contributed by atoms with Crippen LogP contribution in [0.3, 0.4) is 0 Å². The van der Waals surface area contributed by atoms with E-state index >= 15 is 0 Å². The molecular formula is C21H23N3O3S. The Hall–Kier alpha value is -2.48. The maximum Gasteiger partial charge on any atom is 0.243 e. The zero-order chi connectivity index (χ0) is 19.6. The van der Waals surface area contributed by atoms with E-state index < -0.39 is 10.0 Å². The monoisotopic (exact) mass is 397 g/mol. The fourth-order valence-corrected chi connectivity index (χ4v) is 4.73. The summed E-state index contributed by atoms with van der Waals surface area (Å²) < 4.78 is 32.8. The summed E-state index contributed by atoms with van der Waals surface area (Å²) in [6, 6.07) is 16.8. The van der Waals surface area contributed by atoms with Crippen molar-refractivity contribution in [1.82, 2.24) is 14.2 Å². The highest BCUT2D eigenvalue weighted by Gasteiger charge is 2.28. The molecule has 4 rings (SSSR count). The summed E-state index contributed by atoms with van der Waals surface area (Å²) >= 11 is 0. The molecule has 0 aliphatic carbocycles. The maximum atomic E-state index is 12.8. The van der Waals surface area contributed by atoms with Gasteiger partial charge < -0.3 is 4.42 Å². The number of oxazole rings is 1. The average Bonchev–Trinajstić information content (AvgIpc) is 3.18. The van der Waals surface area contributed by atoms with Crippen molar-refractivity contribution in [2.75, 3.05) is 26.2 Å². The average molecular weight is 398 g/mol. The quantitative estimate of drug-likeness (QED) is 0.662. The summed E-state index contributed by atoms with van der Waals surface area (Å²) in [7, 11) is -3.43. The Bertz CT molecular complexity index is 1020. The van der Waals surface area contributed by atoms with Crippen LogP contribution in [0.25, 0.3) is 11.5 Å². The number of aromatic nitrogens is 1. The highest BCUT2D eigenvalue weighted by Crippen LogP contribution is 2.21. The first-order chi connectivity index (χ1) is 13.5. The smallest absolute Gasteiger partial charge is 0.243 e. The van der Waals surface area contributed by atoms with Gasteiger partial charge in [-0.3, -0.25) is 4.90 Å². The van der Waals surface area contributed by atoms with Crippen LogP contribution in [0.4, 0.5) is 0 Å². The first kappa shape index (κ1) is 18.9. The molecule has 0 spiro atoms. The Balaban J connectivity index is 1.37. The standard InChI is InChI=1S/C21H23N3O3S/c1-17-7-9-20(10-8-17)28(25,26)24-13-11-23(12-14-24)15-19-16-27-21(22-19)18-5-3-2-4-6-18/h2-10,16H,11-15H2,1H3. The van der Waals surface area contributed by atoms with Crippen LogP contribution in [0.1, 0.15) is 11.3 Å². The molecule has 1 aromatic heterocycles. The summed E-state index contributed by atoms with van der Waals surface area (Å²) in [4.78, 5) is 7.12. The van der Waals surface area contributed by atoms with E-state index in [-0.39, 0.29) is 0 Å². The number of piperazine rings is 1. The fourth-order valence-electron chi connectivity index (χ4n) is 3.31. The minimum atomic E-state index is -3.43. The van der Waals surface area contributed by atoms with Gasteiger partial charge >= 0.3 is 0 Å². The normalized spacial score (nSPS) is 16.3. The minimum absolute atomic E-state index is 0.357. The second-order valence-electron chi connectivity index (χ2n) is 7.00. The van der Waals surface area contributed by atoms with Crippen molar-refractivity contribution in [1.29, 1.82) is 0 Å². The molecule has 1 saturated heterocycles. The van der Waals surface area contributed by atoms with Crippen LogP contribution in [-0.2, 0) is 16.6 Å². The van der Waals surface area contributed by atoms with Gasteiger partial charge in [-0.2, -0.15) is 4.31 Å². The number of hydrogen-bond donors (Lipinski definition) is 0. The van der Waals surface area contributed by atoms with Crippen molar-refractivity contribution in [3.8, 4) is 11.5 Å². The van der Waals surface area contributed by atoms with Crippen molar-refractivity contribution in [3.63, 3.8) is 0 Å². The van der Waals surface area contributed by atoms with Gasteiger partial charge in [-0.25, -0.2) is 13.4 Å². The predicted molar refractivity (Wildman–Crippen MR) is 107 cm³/mol. The molecule has 28 heavy (non-hydrogen) atoms. The number of aryl methyl sites for hydroxylation is 1. The lowest BCUT2D eigenvalue weighted by Gasteiger charge is -2.33. The molecule has 0 N–H and O–H groups in total. The third-order valence-corrected chi connectivity index (χ3v) is 6.86. The van der Waals surface area contributed by atoms with Gasteiger partial charge in [-0.1, -0.05) is 35.9 Å². The fraction of sp³-hybridized carbons (Fsp3) is 0.286. The van der Waals surface area contributed by atoms with Gasteiger partial charge in [0.15, 0.2) is 0 Å². The lowest BCUT2D eigenvalue weighted by atomic mass is 10.2. The molecule has 2 aromatic carbocycles. The van der Waals surface area contributed by atoms with Crippen LogP contribution in [-0.4, -0.2) is 48.8 Å². The zero-order valence-electron chi connectivity index (χ0n) is 15.8. The van der Waals surface area contributed by atoms with Crippen LogP contribution in [0.15, 0.2) is 70.2 Å². The van der Waals surface area contributed by atoms with E-state index in [4.69, 9.17) is 4.42 Å². The van der Waals surface area contributed by atoms with E-state index in [0.29, 0.717) is 43.5 Å². The maximum absolute atomic E-state index is 12.8. The Labute approximate surface area is 165 Å². The SMILES string of the molecule is Cc1ccc(S(=O)(=O)N2CCN(Cc3coc(-c4ccccc4)n3)CC2)cc1. The summed E-state index contributed by atoms with van der Waals surface area (Å²) in [6.45, 7) is 4.87. The second kappa shape index (κ2) is 7.87. The van der Waals surface area contributed by atoms with Gasteiger partial charge in [0.05, 0.1) is 10.6 Å². The van der Waals surface area contributed by atoms with Crippen molar-refractivity contribution in [3.05, 3.63) is 72.1 Å². The van der Waals surface area contributed by atoms with Crippen LogP contribution >= 0.6 is 0 Å². The Morgan fingerprint density at radius 3 is 2.32 bits per heavy atom. The van der Waals surface area contributed by atoms with Gasteiger partial charge in [0.2, 0.25) is 15.9 Å². The van der Waals surface area contributed by atoms with Crippen molar-refractivity contribution in [2.24, 2.45) is 0 Å². The Morgan fingerprint density at radius 2 is 1.64 bits per heavy atom. The van der Waals surface area contributed by atoms with E-state index in [1.54, 1.807) is 22.7 Å². The molecule has 0 bridgehead atoms. The second-order valence-corrected chi connectivity index (χ2v) is 8.94. The molecule has 0 unspecified atom stereocenters. The summed E-state index contributed by atoms with van der Waals surface area (Å²) in [5.41, 5.74) is 2.85. The third kappa shape index (κ3) is 4.01. The van der Waals surface area contributed by atoms with E-state index in [1.807, 2.05) is 49.4 Å². The first-order valence-corrected chi connectivity index (χ1v) is 10.8. The highest BCUT2D eigenvalue weighted by atomic mass is 32.2. The summed E-state index contributed by atoms with van der Waals surface area (Å²) in [5, 5.41) is 0. The first-order valence-electron chi connectivity index (χ1n) is 9.31. The summed E-state index contributed by atoms with van der Waals surface area (Å²) in [5.74, 6) is 0.608. The lowest BCUT2D eigenvalue weighted by Crippen LogP contribution is -2.48. The van der Waals surface area contributed by atoms with Crippen molar-refractivity contribution >= 4 is 10.0 Å². The number of rotatable bonds is 5.